The third-order valence-electron chi connectivity index (χ3n) is 4.34. The third-order valence-corrected chi connectivity index (χ3v) is 4.34. The lowest BCUT2D eigenvalue weighted by molar-refractivity contribution is -0.127. The van der Waals surface area contributed by atoms with Crippen molar-refractivity contribution in [1.29, 1.82) is 0 Å². The minimum absolute atomic E-state index is 0.102. The van der Waals surface area contributed by atoms with Gasteiger partial charge in [0.1, 0.15) is 5.75 Å². The quantitative estimate of drug-likeness (QED) is 0.777. The summed E-state index contributed by atoms with van der Waals surface area (Å²) in [6.45, 7) is 4.57. The molecule has 1 unspecified atom stereocenters. The van der Waals surface area contributed by atoms with E-state index in [-0.39, 0.29) is 11.9 Å². The van der Waals surface area contributed by atoms with Gasteiger partial charge < -0.3 is 14.8 Å². The first-order valence-corrected chi connectivity index (χ1v) is 8.81. The summed E-state index contributed by atoms with van der Waals surface area (Å²) in [5.74, 6) is 0.694. The van der Waals surface area contributed by atoms with Crippen LogP contribution in [-0.2, 0) is 9.53 Å². The Bertz CT molecular complexity index is 535. The van der Waals surface area contributed by atoms with Crippen LogP contribution in [0.5, 0.6) is 5.75 Å². The molecule has 1 atom stereocenters. The number of esters is 1. The van der Waals surface area contributed by atoms with Crippen LogP contribution in [0.4, 0.5) is 0 Å². The summed E-state index contributed by atoms with van der Waals surface area (Å²) in [6, 6.07) is 6.63. The van der Waals surface area contributed by atoms with Crippen LogP contribution in [0.25, 0.3) is 0 Å². The SMILES string of the molecule is CCOC(=O)c1ccc(OC(C)C(=O)NCC2CCCCC2)cc1. The molecule has 1 N–H and O–H groups in total. The van der Waals surface area contributed by atoms with E-state index in [4.69, 9.17) is 9.47 Å². The van der Waals surface area contributed by atoms with Crippen LogP contribution in [0.3, 0.4) is 0 Å². The number of ether oxygens (including phenoxy) is 2. The summed E-state index contributed by atoms with van der Waals surface area (Å²) in [7, 11) is 0. The lowest BCUT2D eigenvalue weighted by Crippen LogP contribution is -2.39. The van der Waals surface area contributed by atoms with E-state index in [9.17, 15) is 9.59 Å². The second-order valence-electron chi connectivity index (χ2n) is 6.25. The molecule has 24 heavy (non-hydrogen) atoms. The van der Waals surface area contributed by atoms with Crippen molar-refractivity contribution in [2.45, 2.75) is 52.1 Å². The second kappa shape index (κ2) is 9.30. The minimum atomic E-state index is -0.568. The summed E-state index contributed by atoms with van der Waals surface area (Å²) < 4.78 is 10.6. The Morgan fingerprint density at radius 2 is 1.83 bits per heavy atom. The normalized spacial score (nSPS) is 16.2. The molecule has 5 heteroatoms. The summed E-state index contributed by atoms with van der Waals surface area (Å²) in [4.78, 5) is 23.7. The van der Waals surface area contributed by atoms with Gasteiger partial charge >= 0.3 is 5.97 Å². The van der Waals surface area contributed by atoms with E-state index in [1.165, 1.54) is 32.1 Å². The van der Waals surface area contributed by atoms with Crippen LogP contribution in [0, 0.1) is 5.92 Å². The van der Waals surface area contributed by atoms with Gasteiger partial charge in [0.2, 0.25) is 0 Å². The molecule has 1 aliphatic rings. The predicted octanol–water partition coefficient (Wildman–Crippen LogP) is 3.33. The van der Waals surface area contributed by atoms with E-state index in [1.54, 1.807) is 38.1 Å². The highest BCUT2D eigenvalue weighted by Gasteiger charge is 2.18. The molecule has 1 aliphatic carbocycles. The van der Waals surface area contributed by atoms with Crippen molar-refractivity contribution in [3.8, 4) is 5.75 Å². The molecule has 1 saturated carbocycles. The van der Waals surface area contributed by atoms with Crippen LogP contribution in [0.2, 0.25) is 0 Å². The highest BCUT2D eigenvalue weighted by molar-refractivity contribution is 5.89. The highest BCUT2D eigenvalue weighted by atomic mass is 16.5. The first-order chi connectivity index (χ1) is 11.6. The van der Waals surface area contributed by atoms with Gasteiger partial charge in [-0.05, 0) is 56.9 Å². The van der Waals surface area contributed by atoms with Gasteiger partial charge in [0.15, 0.2) is 6.10 Å². The van der Waals surface area contributed by atoms with E-state index >= 15 is 0 Å². The molecule has 0 radical (unpaired) electrons. The van der Waals surface area contributed by atoms with E-state index in [0.29, 0.717) is 23.8 Å². The predicted molar refractivity (Wildman–Crippen MR) is 92.1 cm³/mol. The largest absolute Gasteiger partial charge is 0.481 e. The maximum Gasteiger partial charge on any atom is 0.338 e. The number of amides is 1. The fourth-order valence-corrected chi connectivity index (χ4v) is 2.92. The maximum absolute atomic E-state index is 12.1. The molecule has 0 spiro atoms. The standard InChI is InChI=1S/C19H27NO4/c1-3-23-19(22)16-9-11-17(12-10-16)24-14(2)18(21)20-13-15-7-5-4-6-8-15/h9-12,14-15H,3-8,13H2,1-2H3,(H,20,21). The third kappa shape index (κ3) is 5.55. The maximum atomic E-state index is 12.1. The molecule has 1 fully saturated rings. The van der Waals surface area contributed by atoms with Gasteiger partial charge in [-0.15, -0.1) is 0 Å². The second-order valence-corrected chi connectivity index (χ2v) is 6.25. The topological polar surface area (TPSA) is 64.6 Å². The summed E-state index contributed by atoms with van der Waals surface area (Å²) in [5.41, 5.74) is 0.471. The van der Waals surface area contributed by atoms with Gasteiger partial charge in [-0.2, -0.15) is 0 Å². The zero-order valence-corrected chi connectivity index (χ0v) is 14.5. The molecule has 0 aromatic heterocycles. The minimum Gasteiger partial charge on any atom is -0.481 e. The fraction of sp³-hybridized carbons (Fsp3) is 0.579. The molecule has 0 bridgehead atoms. The first-order valence-electron chi connectivity index (χ1n) is 8.81. The molecule has 1 aromatic carbocycles. The van der Waals surface area contributed by atoms with Gasteiger partial charge in [0, 0.05) is 6.54 Å². The zero-order valence-electron chi connectivity index (χ0n) is 14.5. The number of carbonyl (C=O) groups is 2. The average molecular weight is 333 g/mol. The first kappa shape index (κ1) is 18.3. The van der Waals surface area contributed by atoms with Gasteiger partial charge in [-0.25, -0.2) is 4.79 Å². The molecule has 0 saturated heterocycles. The smallest absolute Gasteiger partial charge is 0.338 e. The Morgan fingerprint density at radius 1 is 1.17 bits per heavy atom. The van der Waals surface area contributed by atoms with E-state index in [0.717, 1.165) is 6.54 Å². The Morgan fingerprint density at radius 3 is 2.46 bits per heavy atom. The van der Waals surface area contributed by atoms with Crippen LogP contribution >= 0.6 is 0 Å². The van der Waals surface area contributed by atoms with Crippen molar-refractivity contribution < 1.29 is 19.1 Å². The van der Waals surface area contributed by atoms with Crippen LogP contribution in [0.15, 0.2) is 24.3 Å². The van der Waals surface area contributed by atoms with Crippen molar-refractivity contribution in [2.24, 2.45) is 5.92 Å². The lowest BCUT2D eigenvalue weighted by Gasteiger charge is -2.23. The number of rotatable bonds is 7. The molecule has 0 heterocycles. The lowest BCUT2D eigenvalue weighted by atomic mass is 9.89. The molecular formula is C19H27NO4. The molecule has 0 aliphatic heterocycles. The number of nitrogens with one attached hydrogen (secondary N) is 1. The van der Waals surface area contributed by atoms with Crippen LogP contribution in [0.1, 0.15) is 56.3 Å². The average Bonchev–Trinajstić information content (AvgIpc) is 2.61. The number of hydrogen-bond acceptors (Lipinski definition) is 4. The Balaban J connectivity index is 1.79. The van der Waals surface area contributed by atoms with E-state index < -0.39 is 6.10 Å². The number of carbonyl (C=O) groups excluding carboxylic acids is 2. The molecule has 1 aromatic rings. The van der Waals surface area contributed by atoms with Gasteiger partial charge in [0.05, 0.1) is 12.2 Å². The van der Waals surface area contributed by atoms with Gasteiger partial charge in [0.25, 0.3) is 5.91 Å². The van der Waals surface area contributed by atoms with Crippen molar-refractivity contribution in [3.05, 3.63) is 29.8 Å². The summed E-state index contributed by atoms with van der Waals surface area (Å²) in [5, 5.41) is 2.98. The van der Waals surface area contributed by atoms with Crippen LogP contribution in [-0.4, -0.2) is 31.1 Å². The zero-order chi connectivity index (χ0) is 17.4. The Kier molecular flexibility index (Phi) is 7.09. The number of benzene rings is 1. The Hall–Kier alpha value is -2.04. The van der Waals surface area contributed by atoms with E-state index in [1.807, 2.05) is 0 Å². The fourth-order valence-electron chi connectivity index (χ4n) is 2.92. The van der Waals surface area contributed by atoms with Crippen LogP contribution < -0.4 is 10.1 Å². The van der Waals surface area contributed by atoms with Gasteiger partial charge in [-0.3, -0.25) is 4.79 Å². The Labute approximate surface area is 143 Å². The van der Waals surface area contributed by atoms with Crippen molar-refractivity contribution in [3.63, 3.8) is 0 Å². The van der Waals surface area contributed by atoms with Crippen molar-refractivity contribution in [1.82, 2.24) is 5.32 Å². The molecule has 132 valence electrons. The number of hydrogen-bond donors (Lipinski definition) is 1. The van der Waals surface area contributed by atoms with Crippen molar-refractivity contribution >= 4 is 11.9 Å². The summed E-state index contributed by atoms with van der Waals surface area (Å²) in [6.07, 6.45) is 5.67. The molecule has 5 nitrogen and oxygen atoms in total. The van der Waals surface area contributed by atoms with Crippen molar-refractivity contribution in [2.75, 3.05) is 13.2 Å². The van der Waals surface area contributed by atoms with E-state index in [2.05, 4.69) is 5.32 Å². The molecule has 1 amide bonds. The summed E-state index contributed by atoms with van der Waals surface area (Å²) >= 11 is 0. The van der Waals surface area contributed by atoms with Gasteiger partial charge in [-0.1, -0.05) is 19.3 Å². The monoisotopic (exact) mass is 333 g/mol. The highest BCUT2D eigenvalue weighted by Crippen LogP contribution is 2.22. The molecular weight excluding hydrogens is 306 g/mol. The molecule has 2 rings (SSSR count).